The smallest absolute Gasteiger partial charge is 0.259 e. The first-order valence-corrected chi connectivity index (χ1v) is 10.2. The van der Waals surface area contributed by atoms with Crippen LogP contribution < -0.4 is 14.8 Å². The molecule has 0 bridgehead atoms. The van der Waals surface area contributed by atoms with E-state index in [1.54, 1.807) is 18.4 Å². The number of rotatable bonds is 10. The average molecular weight is 438 g/mol. The van der Waals surface area contributed by atoms with E-state index in [0.29, 0.717) is 23.7 Å². The fourth-order valence-corrected chi connectivity index (χ4v) is 3.17. The van der Waals surface area contributed by atoms with E-state index in [4.69, 9.17) is 25.3 Å². The van der Waals surface area contributed by atoms with Gasteiger partial charge in [-0.3, -0.25) is 9.27 Å². The molecule has 0 aliphatic carbocycles. The number of hydrogen-bond acceptors (Lipinski definition) is 6. The van der Waals surface area contributed by atoms with Crippen LogP contribution in [0.15, 0.2) is 59.5 Å². The van der Waals surface area contributed by atoms with Crippen molar-refractivity contribution >= 4 is 28.6 Å². The molecule has 0 saturated carbocycles. The minimum atomic E-state index is -2.24. The van der Waals surface area contributed by atoms with Crippen LogP contribution in [0.5, 0.6) is 5.75 Å². The van der Waals surface area contributed by atoms with Crippen LogP contribution in [0.4, 0.5) is 5.69 Å². The highest BCUT2D eigenvalue weighted by atomic mass is 35.5. The second kappa shape index (κ2) is 10.4. The molecule has 0 radical (unpaired) electrons. The molecule has 154 valence electrons. The Morgan fingerprint density at radius 3 is 2.72 bits per heavy atom. The number of aromatic nitrogens is 1. The predicted molar refractivity (Wildman–Crippen MR) is 111 cm³/mol. The molecule has 3 rings (SSSR count). The molecule has 10 heteroatoms. The first-order valence-electron chi connectivity index (χ1n) is 8.70. The topological polar surface area (TPSA) is 117 Å². The van der Waals surface area contributed by atoms with E-state index in [0.717, 1.165) is 17.0 Å². The zero-order valence-corrected chi connectivity index (χ0v) is 16.8. The number of benzene rings is 2. The van der Waals surface area contributed by atoms with E-state index < -0.39 is 17.4 Å². The van der Waals surface area contributed by atoms with Gasteiger partial charge < -0.3 is 19.6 Å². The molecule has 1 heterocycles. The van der Waals surface area contributed by atoms with Gasteiger partial charge in [-0.05, 0) is 42.0 Å². The second-order valence-corrected chi connectivity index (χ2v) is 7.17. The van der Waals surface area contributed by atoms with Gasteiger partial charge in [-0.2, -0.15) is 0 Å². The maximum absolute atomic E-state index is 10.9. The molecule has 0 amide bonds. The van der Waals surface area contributed by atoms with Crippen molar-refractivity contribution in [3.8, 4) is 17.0 Å². The summed E-state index contributed by atoms with van der Waals surface area (Å²) in [4.78, 5) is 4.09. The molecule has 3 aromatic rings. The third kappa shape index (κ3) is 6.28. The second-order valence-electron chi connectivity index (χ2n) is 6.06. The quantitative estimate of drug-likeness (QED) is 0.284. The van der Waals surface area contributed by atoms with Crippen LogP contribution in [0.2, 0.25) is 5.02 Å². The maximum Gasteiger partial charge on any atom is 0.259 e. The molecular formula is C19H20ClN3O5S. The molecule has 0 aliphatic rings. The number of anilines is 1. The lowest BCUT2D eigenvalue weighted by Gasteiger charge is -2.14. The van der Waals surface area contributed by atoms with Crippen molar-refractivity contribution in [2.24, 2.45) is 0 Å². The molecular weight excluding hydrogens is 418 g/mol. The number of hydrogen-bond donors (Lipinski definition) is 4. The third-order valence-electron chi connectivity index (χ3n) is 4.04. The van der Waals surface area contributed by atoms with Gasteiger partial charge in [-0.1, -0.05) is 17.7 Å². The Morgan fingerprint density at radius 2 is 2.03 bits per heavy atom. The summed E-state index contributed by atoms with van der Waals surface area (Å²) in [5.41, 5.74) is 2.55. The molecule has 0 fully saturated rings. The van der Waals surface area contributed by atoms with Crippen molar-refractivity contribution in [2.45, 2.75) is 6.10 Å². The van der Waals surface area contributed by atoms with Crippen LogP contribution in [-0.2, 0) is 11.3 Å². The lowest BCUT2D eigenvalue weighted by atomic mass is 10.1. The van der Waals surface area contributed by atoms with Crippen molar-refractivity contribution in [3.63, 3.8) is 0 Å². The zero-order valence-electron chi connectivity index (χ0n) is 15.2. The fraction of sp³-hybridized carbons (Fsp3) is 0.211. The summed E-state index contributed by atoms with van der Waals surface area (Å²) < 4.78 is 32.8. The molecule has 2 aromatic carbocycles. The fourth-order valence-electron chi connectivity index (χ4n) is 2.60. The minimum Gasteiger partial charge on any atom is -0.492 e. The first kappa shape index (κ1) is 21.3. The van der Waals surface area contributed by atoms with Crippen LogP contribution in [0.1, 0.15) is 11.7 Å². The highest BCUT2D eigenvalue weighted by Crippen LogP contribution is 2.26. The van der Waals surface area contributed by atoms with Gasteiger partial charge in [0.05, 0.1) is 16.8 Å². The monoisotopic (exact) mass is 437 g/mol. The number of nitrogens with zero attached hydrogens (tertiary/aromatic N) is 1. The highest BCUT2D eigenvalue weighted by Gasteiger charge is 2.11. The maximum atomic E-state index is 10.9. The van der Waals surface area contributed by atoms with Gasteiger partial charge in [0.15, 0.2) is 6.39 Å². The van der Waals surface area contributed by atoms with Gasteiger partial charge >= 0.3 is 0 Å². The Labute approximate surface area is 175 Å². The standard InChI is InChI=1S/C19H20ClN3O5S/c20-16-6-3-14(9-17(16)23-29(25)26)19(24)10-21-7-8-28-15-4-1-13(2-5-15)18-11-27-12-22-18/h1-6,9,11-12,19,21,23-24H,7-8,10H2,(H,25,26)/t19-/m0/s1. The van der Waals surface area contributed by atoms with Crippen molar-refractivity contribution in [1.29, 1.82) is 0 Å². The van der Waals surface area contributed by atoms with Gasteiger partial charge in [0.2, 0.25) is 0 Å². The summed E-state index contributed by atoms with van der Waals surface area (Å²) in [5, 5.41) is 13.7. The number of oxazole rings is 1. The van der Waals surface area contributed by atoms with Gasteiger partial charge in [0.1, 0.15) is 24.3 Å². The summed E-state index contributed by atoms with van der Waals surface area (Å²) in [6, 6.07) is 12.3. The number of aliphatic hydroxyl groups excluding tert-OH is 1. The summed E-state index contributed by atoms with van der Waals surface area (Å²) in [6.45, 7) is 1.24. The Kier molecular flexibility index (Phi) is 7.62. The minimum absolute atomic E-state index is 0.279. The number of halogens is 1. The SMILES string of the molecule is O=S(O)Nc1cc([C@@H](O)CNCCOc2ccc(-c3cocn3)cc2)ccc1Cl. The van der Waals surface area contributed by atoms with E-state index in [2.05, 4.69) is 15.0 Å². The van der Waals surface area contributed by atoms with E-state index in [9.17, 15) is 9.32 Å². The van der Waals surface area contributed by atoms with Crippen LogP contribution in [0, 0.1) is 0 Å². The molecule has 8 nitrogen and oxygen atoms in total. The highest BCUT2D eigenvalue weighted by molar-refractivity contribution is 7.80. The molecule has 1 aromatic heterocycles. The largest absolute Gasteiger partial charge is 0.492 e. The van der Waals surface area contributed by atoms with Crippen molar-refractivity contribution in [3.05, 3.63) is 65.7 Å². The van der Waals surface area contributed by atoms with Crippen LogP contribution in [0.3, 0.4) is 0 Å². The average Bonchev–Trinajstić information content (AvgIpc) is 3.24. The Bertz CT molecular complexity index is 938. The number of aliphatic hydroxyl groups is 1. The molecule has 0 spiro atoms. The van der Waals surface area contributed by atoms with E-state index in [1.807, 2.05) is 24.3 Å². The number of ether oxygens (including phenoxy) is 1. The first-order chi connectivity index (χ1) is 14.0. The third-order valence-corrected chi connectivity index (χ3v) is 4.76. The summed E-state index contributed by atoms with van der Waals surface area (Å²) >= 11 is 3.72. The molecule has 2 atom stereocenters. The van der Waals surface area contributed by atoms with Gasteiger partial charge in [-0.25, -0.2) is 9.19 Å². The normalized spacial score (nSPS) is 13.1. The summed E-state index contributed by atoms with van der Waals surface area (Å²) in [5.74, 6) is 0.727. The molecule has 29 heavy (non-hydrogen) atoms. The Balaban J connectivity index is 1.42. The van der Waals surface area contributed by atoms with E-state index in [1.165, 1.54) is 12.5 Å². The summed E-state index contributed by atoms with van der Waals surface area (Å²) in [7, 11) is 0. The predicted octanol–water partition coefficient (Wildman–Crippen LogP) is 3.25. The van der Waals surface area contributed by atoms with Crippen LogP contribution in [-0.4, -0.2) is 38.5 Å². The lowest BCUT2D eigenvalue weighted by molar-refractivity contribution is 0.172. The molecule has 0 saturated heterocycles. The summed E-state index contributed by atoms with van der Waals surface area (Å²) in [6.07, 6.45) is 2.16. The Hall–Kier alpha value is -2.43. The van der Waals surface area contributed by atoms with Gasteiger partial charge in [0.25, 0.3) is 11.3 Å². The molecule has 4 N–H and O–H groups in total. The lowest BCUT2D eigenvalue weighted by Crippen LogP contribution is -2.26. The van der Waals surface area contributed by atoms with Crippen LogP contribution in [0.25, 0.3) is 11.3 Å². The molecule has 1 unspecified atom stereocenters. The van der Waals surface area contributed by atoms with E-state index >= 15 is 0 Å². The van der Waals surface area contributed by atoms with Crippen LogP contribution >= 0.6 is 11.6 Å². The van der Waals surface area contributed by atoms with Gasteiger partial charge in [-0.15, -0.1) is 0 Å². The molecule has 0 aliphatic heterocycles. The van der Waals surface area contributed by atoms with E-state index in [-0.39, 0.29) is 12.2 Å². The Morgan fingerprint density at radius 1 is 1.24 bits per heavy atom. The number of nitrogens with one attached hydrogen (secondary N) is 2. The zero-order chi connectivity index (χ0) is 20.6. The van der Waals surface area contributed by atoms with Crippen molar-refractivity contribution in [2.75, 3.05) is 24.4 Å². The van der Waals surface area contributed by atoms with Crippen molar-refractivity contribution < 1.29 is 23.0 Å². The van der Waals surface area contributed by atoms with Crippen molar-refractivity contribution in [1.82, 2.24) is 10.3 Å². The van der Waals surface area contributed by atoms with Gasteiger partial charge in [0, 0.05) is 18.7 Å².